The predicted molar refractivity (Wildman–Crippen MR) is 254 cm³/mol. The van der Waals surface area contributed by atoms with Gasteiger partial charge in [-0.1, -0.05) is 170 Å². The van der Waals surface area contributed by atoms with Gasteiger partial charge >= 0.3 is 0 Å². The molecule has 4 aromatic heterocycles. The van der Waals surface area contributed by atoms with E-state index in [0.29, 0.717) is 34.4 Å². The van der Waals surface area contributed by atoms with Crippen LogP contribution in [0.25, 0.3) is 123 Å². The summed E-state index contributed by atoms with van der Waals surface area (Å²) in [5.74, 6) is 1.90. The summed E-state index contributed by atoms with van der Waals surface area (Å²) in [6, 6.07) is 69.2. The van der Waals surface area contributed by atoms with Gasteiger partial charge < -0.3 is 4.42 Å². The minimum Gasteiger partial charge on any atom is -0.436 e. The van der Waals surface area contributed by atoms with E-state index >= 15 is 0 Å². The Hall–Kier alpha value is -8.68. The average molecular weight is 807 g/mol. The molecule has 0 atom stereocenters. The highest BCUT2D eigenvalue weighted by Gasteiger charge is 2.16. The molecular formula is C56H34N6O. The van der Waals surface area contributed by atoms with E-state index in [0.717, 1.165) is 82.9 Å². The van der Waals surface area contributed by atoms with Crippen molar-refractivity contribution in [2.75, 3.05) is 0 Å². The molecule has 0 fully saturated rings. The lowest BCUT2D eigenvalue weighted by Gasteiger charge is -2.10. The van der Waals surface area contributed by atoms with E-state index in [4.69, 9.17) is 29.3 Å². The van der Waals surface area contributed by atoms with Gasteiger partial charge in [-0.3, -0.25) is 0 Å². The molecule has 7 nitrogen and oxygen atoms in total. The van der Waals surface area contributed by atoms with Crippen LogP contribution in [0.2, 0.25) is 0 Å². The van der Waals surface area contributed by atoms with Gasteiger partial charge in [-0.25, -0.2) is 29.9 Å². The zero-order chi connectivity index (χ0) is 41.7. The lowest BCUT2D eigenvalue weighted by molar-refractivity contribution is 0.655. The number of aromatic nitrogens is 6. The quantitative estimate of drug-likeness (QED) is 0.158. The summed E-state index contributed by atoms with van der Waals surface area (Å²) >= 11 is 0. The number of benzene rings is 8. The highest BCUT2D eigenvalue weighted by Crippen LogP contribution is 2.37. The Morgan fingerprint density at radius 1 is 0.333 bits per heavy atom. The molecule has 0 saturated heterocycles. The minimum absolute atomic E-state index is 0.519. The third-order valence-electron chi connectivity index (χ3n) is 11.6. The Bertz CT molecular complexity index is 3650. The molecule has 0 amide bonds. The van der Waals surface area contributed by atoms with Crippen molar-refractivity contribution >= 4 is 44.1 Å². The lowest BCUT2D eigenvalue weighted by Crippen LogP contribution is -2.00. The standard InChI is InChI=1S/C56H34N6O/c1-3-9-35(10-4-1)36-20-24-41(25-21-36)53-60-52(40-11-5-2-6-12-40)61-54(62-53)42-26-22-38(23-27-42)37-16-18-39(19-17-37)43-13-7-14-44(33-43)45-28-30-47-46(34-45)29-31-49-50(47)51-56(63-49)58-48-15-8-32-57-55(48)59-51/h1-34H. The number of hydrogen-bond acceptors (Lipinski definition) is 7. The van der Waals surface area contributed by atoms with E-state index in [1.165, 1.54) is 5.56 Å². The van der Waals surface area contributed by atoms with E-state index in [-0.39, 0.29) is 0 Å². The van der Waals surface area contributed by atoms with Crippen LogP contribution in [0.3, 0.4) is 0 Å². The molecule has 0 unspecified atom stereocenters. The lowest BCUT2D eigenvalue weighted by atomic mass is 9.95. The largest absolute Gasteiger partial charge is 0.436 e. The maximum absolute atomic E-state index is 6.15. The van der Waals surface area contributed by atoms with Gasteiger partial charge in [-0.2, -0.15) is 0 Å². The first kappa shape index (κ1) is 36.2. The summed E-state index contributed by atoms with van der Waals surface area (Å²) < 4.78 is 6.15. The number of furan rings is 1. The number of pyridine rings is 1. The van der Waals surface area contributed by atoms with Crippen molar-refractivity contribution in [2.24, 2.45) is 0 Å². The molecule has 0 N–H and O–H groups in total. The van der Waals surface area contributed by atoms with Gasteiger partial charge in [0.1, 0.15) is 16.6 Å². The Morgan fingerprint density at radius 2 is 0.810 bits per heavy atom. The molecule has 294 valence electrons. The second-order valence-corrected chi connectivity index (χ2v) is 15.6. The first-order chi connectivity index (χ1) is 31.2. The molecule has 0 spiro atoms. The molecule has 12 rings (SSSR count). The maximum Gasteiger partial charge on any atom is 0.247 e. The van der Waals surface area contributed by atoms with Gasteiger partial charge in [0.05, 0.1) is 5.39 Å². The molecule has 4 heterocycles. The molecule has 0 radical (unpaired) electrons. The molecule has 0 aliphatic rings. The molecular weight excluding hydrogens is 773 g/mol. The monoisotopic (exact) mass is 806 g/mol. The number of fused-ring (bicyclic) bond motifs is 6. The zero-order valence-corrected chi connectivity index (χ0v) is 33.7. The summed E-state index contributed by atoms with van der Waals surface area (Å²) in [4.78, 5) is 28.8. The van der Waals surface area contributed by atoms with E-state index in [9.17, 15) is 0 Å². The van der Waals surface area contributed by atoms with E-state index in [1.807, 2.05) is 54.6 Å². The van der Waals surface area contributed by atoms with Gasteiger partial charge in [-0.15, -0.1) is 0 Å². The third-order valence-corrected chi connectivity index (χ3v) is 11.6. The Labute approximate surface area is 362 Å². The first-order valence-corrected chi connectivity index (χ1v) is 20.8. The van der Waals surface area contributed by atoms with Crippen LogP contribution in [-0.4, -0.2) is 29.9 Å². The summed E-state index contributed by atoms with van der Waals surface area (Å²) in [5.41, 5.74) is 15.2. The van der Waals surface area contributed by atoms with E-state index < -0.39 is 0 Å². The average Bonchev–Trinajstić information content (AvgIpc) is 3.74. The Kier molecular flexibility index (Phi) is 8.67. The number of rotatable bonds is 7. The van der Waals surface area contributed by atoms with Crippen LogP contribution in [0, 0.1) is 0 Å². The SMILES string of the molecule is c1ccc(-c2ccc(-c3nc(-c4ccccc4)nc(-c4ccc(-c5ccc(-c6cccc(-c7ccc8c(ccc9oc%10nc%11cccnc%11nc%10c98)c7)c6)cc5)cc4)n3)cc2)cc1. The van der Waals surface area contributed by atoms with Gasteiger partial charge in [0.15, 0.2) is 23.1 Å². The van der Waals surface area contributed by atoms with Gasteiger partial charge in [0.2, 0.25) is 5.71 Å². The Balaban J connectivity index is 0.815. The highest BCUT2D eigenvalue weighted by molar-refractivity contribution is 6.18. The van der Waals surface area contributed by atoms with Gasteiger partial charge in [0.25, 0.3) is 0 Å². The fourth-order valence-electron chi connectivity index (χ4n) is 8.37. The molecule has 7 heteroatoms. The van der Waals surface area contributed by atoms with Crippen LogP contribution in [-0.2, 0) is 0 Å². The first-order valence-electron chi connectivity index (χ1n) is 20.8. The topological polar surface area (TPSA) is 90.5 Å². The molecule has 8 aromatic carbocycles. The van der Waals surface area contributed by atoms with Crippen molar-refractivity contribution in [2.45, 2.75) is 0 Å². The summed E-state index contributed by atoms with van der Waals surface area (Å²) in [6.07, 6.45) is 1.74. The van der Waals surface area contributed by atoms with Crippen molar-refractivity contribution in [3.63, 3.8) is 0 Å². The van der Waals surface area contributed by atoms with Crippen LogP contribution in [0.4, 0.5) is 0 Å². The fraction of sp³-hybridized carbons (Fsp3) is 0. The summed E-state index contributed by atoms with van der Waals surface area (Å²) in [7, 11) is 0. The van der Waals surface area contributed by atoms with Crippen molar-refractivity contribution in [3.05, 3.63) is 206 Å². The van der Waals surface area contributed by atoms with Crippen molar-refractivity contribution in [1.82, 2.24) is 29.9 Å². The second-order valence-electron chi connectivity index (χ2n) is 15.6. The van der Waals surface area contributed by atoms with Gasteiger partial charge in [-0.05, 0) is 85.6 Å². The van der Waals surface area contributed by atoms with Crippen molar-refractivity contribution < 1.29 is 4.42 Å². The van der Waals surface area contributed by atoms with Crippen LogP contribution in [0.1, 0.15) is 0 Å². The molecule has 0 saturated carbocycles. The van der Waals surface area contributed by atoms with Crippen molar-refractivity contribution in [1.29, 1.82) is 0 Å². The van der Waals surface area contributed by atoms with Crippen LogP contribution in [0.15, 0.2) is 211 Å². The number of nitrogens with zero attached hydrogens (tertiary/aromatic N) is 6. The van der Waals surface area contributed by atoms with Crippen molar-refractivity contribution in [3.8, 4) is 78.7 Å². The van der Waals surface area contributed by atoms with Crippen LogP contribution < -0.4 is 0 Å². The molecule has 0 bridgehead atoms. The molecule has 0 aliphatic heterocycles. The smallest absolute Gasteiger partial charge is 0.247 e. The van der Waals surface area contributed by atoms with Crippen LogP contribution in [0.5, 0.6) is 0 Å². The van der Waals surface area contributed by atoms with Crippen LogP contribution >= 0.6 is 0 Å². The van der Waals surface area contributed by atoms with Gasteiger partial charge in [0, 0.05) is 22.9 Å². The third kappa shape index (κ3) is 6.74. The Morgan fingerprint density at radius 3 is 1.43 bits per heavy atom. The normalized spacial score (nSPS) is 11.5. The molecule has 0 aliphatic carbocycles. The van der Waals surface area contributed by atoms with E-state index in [1.54, 1.807) is 6.20 Å². The zero-order valence-electron chi connectivity index (χ0n) is 33.7. The predicted octanol–water partition coefficient (Wildman–Crippen LogP) is 13.9. The van der Waals surface area contributed by atoms with E-state index in [2.05, 4.69) is 151 Å². The molecule has 12 aromatic rings. The minimum atomic E-state index is 0.519. The molecule has 63 heavy (non-hydrogen) atoms. The number of hydrogen-bond donors (Lipinski definition) is 0. The fourth-order valence-corrected chi connectivity index (χ4v) is 8.37. The highest BCUT2D eigenvalue weighted by atomic mass is 16.3. The maximum atomic E-state index is 6.15. The second kappa shape index (κ2) is 15.1. The summed E-state index contributed by atoms with van der Waals surface area (Å²) in [6.45, 7) is 0. The summed E-state index contributed by atoms with van der Waals surface area (Å²) in [5, 5.41) is 3.13.